The number of carbonyl (C=O) groups excluding carboxylic acids is 1. The molecule has 1 fully saturated rings. The molecule has 1 aliphatic heterocycles. The highest BCUT2D eigenvalue weighted by atomic mass is 32.2. The molecule has 0 amide bonds. The van der Waals surface area contributed by atoms with Crippen molar-refractivity contribution in [1.29, 1.82) is 0 Å². The molecule has 1 unspecified atom stereocenters. The first-order valence-corrected chi connectivity index (χ1v) is 10.2. The second-order valence-electron chi connectivity index (χ2n) is 5.62. The molecule has 1 saturated heterocycles. The van der Waals surface area contributed by atoms with E-state index in [1.807, 2.05) is 35.7 Å². The molecule has 0 radical (unpaired) electrons. The second-order valence-corrected chi connectivity index (χ2v) is 8.34. The first-order chi connectivity index (χ1) is 12.6. The highest BCUT2D eigenvalue weighted by molar-refractivity contribution is 8.19. The maximum absolute atomic E-state index is 12.9. The lowest BCUT2D eigenvalue weighted by Gasteiger charge is -2.16. The Morgan fingerprint density at radius 1 is 1.12 bits per heavy atom. The molecule has 4 nitrogen and oxygen atoms in total. The monoisotopic (exact) mass is 394 g/mol. The fourth-order valence-electron chi connectivity index (χ4n) is 2.42. The minimum atomic E-state index is -0.842. The zero-order valence-corrected chi connectivity index (χ0v) is 16.1. The molecule has 26 heavy (non-hydrogen) atoms. The molecule has 0 aliphatic carbocycles. The van der Waals surface area contributed by atoms with Gasteiger partial charge in [0.25, 0.3) is 0 Å². The minimum absolute atomic E-state index is 0.351. The van der Waals surface area contributed by atoms with Gasteiger partial charge in [0, 0.05) is 11.5 Å². The quantitative estimate of drug-likeness (QED) is 0.523. The van der Waals surface area contributed by atoms with E-state index in [1.54, 1.807) is 20.1 Å². The molecule has 0 bridgehead atoms. The summed E-state index contributed by atoms with van der Waals surface area (Å²) >= 11 is 3.79. The van der Waals surface area contributed by atoms with Crippen molar-refractivity contribution in [2.24, 2.45) is 0 Å². The Morgan fingerprint density at radius 2 is 1.81 bits per heavy atom. The Bertz CT molecular complexity index is 761. The summed E-state index contributed by atoms with van der Waals surface area (Å²) in [5.41, 5.74) is 1.14. The van der Waals surface area contributed by atoms with Gasteiger partial charge in [0.05, 0.1) is 11.7 Å². The van der Waals surface area contributed by atoms with Crippen molar-refractivity contribution in [1.82, 2.24) is 0 Å². The zero-order valence-electron chi connectivity index (χ0n) is 14.4. The standard InChI is InChI=1S/C19H19FO4S2/c1-12(23-15-6-4-14(20)5-7-15)18(21)24-16-8-3-13(11-17(16)22-2)19-25-9-10-26-19/h3-8,11-12,19H,9-10H2,1-2H3. The van der Waals surface area contributed by atoms with Crippen molar-refractivity contribution < 1.29 is 23.4 Å². The average molecular weight is 394 g/mol. The van der Waals surface area contributed by atoms with E-state index in [2.05, 4.69) is 0 Å². The minimum Gasteiger partial charge on any atom is -0.493 e. The highest BCUT2D eigenvalue weighted by Crippen LogP contribution is 2.46. The van der Waals surface area contributed by atoms with Crippen LogP contribution in [0.15, 0.2) is 42.5 Å². The smallest absolute Gasteiger partial charge is 0.352 e. The number of halogens is 1. The van der Waals surface area contributed by atoms with Gasteiger partial charge in [-0.3, -0.25) is 0 Å². The van der Waals surface area contributed by atoms with Crippen LogP contribution < -0.4 is 14.2 Å². The average Bonchev–Trinajstić information content (AvgIpc) is 3.18. The molecule has 7 heteroatoms. The van der Waals surface area contributed by atoms with Gasteiger partial charge in [0.2, 0.25) is 0 Å². The maximum Gasteiger partial charge on any atom is 0.352 e. The van der Waals surface area contributed by atoms with Gasteiger partial charge in [-0.1, -0.05) is 6.07 Å². The number of esters is 1. The van der Waals surface area contributed by atoms with Gasteiger partial charge < -0.3 is 14.2 Å². The van der Waals surface area contributed by atoms with E-state index < -0.39 is 12.1 Å². The second kappa shape index (κ2) is 8.68. The summed E-state index contributed by atoms with van der Waals surface area (Å²) < 4.78 is 29.6. The van der Waals surface area contributed by atoms with Gasteiger partial charge in [-0.2, -0.15) is 0 Å². The lowest BCUT2D eigenvalue weighted by atomic mass is 10.2. The van der Waals surface area contributed by atoms with Crippen molar-refractivity contribution in [3.05, 3.63) is 53.8 Å². The van der Waals surface area contributed by atoms with E-state index in [4.69, 9.17) is 14.2 Å². The number of hydrogen-bond donors (Lipinski definition) is 0. The third-order valence-electron chi connectivity index (χ3n) is 3.75. The van der Waals surface area contributed by atoms with Crippen LogP contribution in [0.2, 0.25) is 0 Å². The van der Waals surface area contributed by atoms with Crippen molar-refractivity contribution in [2.75, 3.05) is 18.6 Å². The summed E-state index contributed by atoms with van der Waals surface area (Å²) in [5.74, 6) is 2.61. The predicted molar refractivity (Wildman–Crippen MR) is 103 cm³/mol. The molecule has 1 atom stereocenters. The first-order valence-electron chi connectivity index (χ1n) is 8.12. The van der Waals surface area contributed by atoms with Crippen LogP contribution in [0, 0.1) is 5.82 Å². The van der Waals surface area contributed by atoms with Crippen LogP contribution >= 0.6 is 23.5 Å². The molecule has 138 valence electrons. The number of hydrogen-bond acceptors (Lipinski definition) is 6. The number of ether oxygens (including phenoxy) is 3. The fourth-order valence-corrected chi connectivity index (χ4v) is 5.26. The van der Waals surface area contributed by atoms with E-state index in [0.29, 0.717) is 21.8 Å². The van der Waals surface area contributed by atoms with E-state index in [-0.39, 0.29) is 5.82 Å². The molecule has 1 heterocycles. The first kappa shape index (κ1) is 18.9. The Hall–Kier alpha value is -1.86. The van der Waals surface area contributed by atoms with Crippen LogP contribution in [0.4, 0.5) is 4.39 Å². The molecule has 1 aliphatic rings. The highest BCUT2D eigenvalue weighted by Gasteiger charge is 2.22. The van der Waals surface area contributed by atoms with Gasteiger partial charge in [-0.25, -0.2) is 9.18 Å². The normalized spacial score (nSPS) is 15.5. The van der Waals surface area contributed by atoms with Crippen LogP contribution in [0.3, 0.4) is 0 Å². The molecule has 0 aromatic heterocycles. The predicted octanol–water partition coefficient (Wildman–Crippen LogP) is 4.69. The SMILES string of the molecule is COc1cc(C2SCCS2)ccc1OC(=O)C(C)Oc1ccc(F)cc1. The van der Waals surface area contributed by atoms with Crippen LogP contribution in [-0.4, -0.2) is 30.7 Å². The fraction of sp³-hybridized carbons (Fsp3) is 0.316. The number of carbonyl (C=O) groups is 1. The van der Waals surface area contributed by atoms with E-state index in [0.717, 1.165) is 17.1 Å². The number of methoxy groups -OCH3 is 1. The summed E-state index contributed by atoms with van der Waals surface area (Å²) in [6.07, 6.45) is -0.842. The third kappa shape index (κ3) is 4.65. The van der Waals surface area contributed by atoms with Gasteiger partial charge >= 0.3 is 5.97 Å². The molecular formula is C19H19FO4S2. The maximum atomic E-state index is 12.9. The van der Waals surface area contributed by atoms with Crippen LogP contribution in [-0.2, 0) is 4.79 Å². The van der Waals surface area contributed by atoms with E-state index in [1.165, 1.54) is 24.3 Å². The van der Waals surface area contributed by atoms with Gasteiger partial charge in [-0.15, -0.1) is 23.5 Å². The number of thioether (sulfide) groups is 2. The van der Waals surface area contributed by atoms with E-state index in [9.17, 15) is 9.18 Å². The lowest BCUT2D eigenvalue weighted by molar-refractivity contribution is -0.141. The largest absolute Gasteiger partial charge is 0.493 e. The summed E-state index contributed by atoms with van der Waals surface area (Å²) in [7, 11) is 1.55. The zero-order chi connectivity index (χ0) is 18.5. The molecule has 2 aromatic rings. The van der Waals surface area contributed by atoms with Crippen LogP contribution in [0.25, 0.3) is 0 Å². The Kier molecular flexibility index (Phi) is 6.32. The van der Waals surface area contributed by atoms with Crippen LogP contribution in [0.5, 0.6) is 17.2 Å². The summed E-state index contributed by atoms with van der Waals surface area (Å²) in [6.45, 7) is 1.58. The topological polar surface area (TPSA) is 44.8 Å². The van der Waals surface area contributed by atoms with Gasteiger partial charge in [0.15, 0.2) is 17.6 Å². The number of rotatable bonds is 6. The number of benzene rings is 2. The lowest BCUT2D eigenvalue weighted by Crippen LogP contribution is -2.28. The van der Waals surface area contributed by atoms with E-state index >= 15 is 0 Å². The van der Waals surface area contributed by atoms with Crippen molar-refractivity contribution in [3.63, 3.8) is 0 Å². The molecule has 0 N–H and O–H groups in total. The van der Waals surface area contributed by atoms with Crippen LogP contribution in [0.1, 0.15) is 17.1 Å². The summed E-state index contributed by atoms with van der Waals surface area (Å²) in [5, 5.41) is 0. The molecule has 2 aromatic carbocycles. The molecule has 0 saturated carbocycles. The summed E-state index contributed by atoms with van der Waals surface area (Å²) in [6, 6.07) is 11.1. The van der Waals surface area contributed by atoms with Gasteiger partial charge in [0.1, 0.15) is 11.6 Å². The molecule has 0 spiro atoms. The third-order valence-corrected chi connectivity index (χ3v) is 6.86. The Morgan fingerprint density at radius 3 is 2.46 bits per heavy atom. The summed E-state index contributed by atoms with van der Waals surface area (Å²) in [4.78, 5) is 12.3. The molecular weight excluding hydrogens is 375 g/mol. The van der Waals surface area contributed by atoms with Gasteiger partial charge in [-0.05, 0) is 48.9 Å². The van der Waals surface area contributed by atoms with Crippen molar-refractivity contribution in [3.8, 4) is 17.2 Å². The Balaban J connectivity index is 1.66. The van der Waals surface area contributed by atoms with Crippen molar-refractivity contribution in [2.45, 2.75) is 17.6 Å². The molecule has 3 rings (SSSR count). The Labute approximate surface area is 160 Å². The van der Waals surface area contributed by atoms with Crippen molar-refractivity contribution >= 4 is 29.5 Å².